The highest BCUT2D eigenvalue weighted by molar-refractivity contribution is 5.86. The summed E-state index contributed by atoms with van der Waals surface area (Å²) < 4.78 is 4.65. The Balaban J connectivity index is 2.22. The number of alkyl carbamates (subject to hydrolysis) is 1. The number of aromatic amines is 1. The van der Waals surface area contributed by atoms with Crippen molar-refractivity contribution in [3.05, 3.63) is 36.4 Å². The van der Waals surface area contributed by atoms with Crippen LogP contribution in [-0.2, 0) is 9.53 Å². The Hall–Kier alpha value is -2.57. The summed E-state index contributed by atoms with van der Waals surface area (Å²) >= 11 is 0. The van der Waals surface area contributed by atoms with Gasteiger partial charge < -0.3 is 19.9 Å². The van der Waals surface area contributed by atoms with Gasteiger partial charge in [0.25, 0.3) is 0 Å². The van der Waals surface area contributed by atoms with Gasteiger partial charge in [-0.2, -0.15) is 0 Å². The molecule has 0 radical (unpaired) electrons. The fraction of sp³-hybridized carbons (Fsp3) is 0.526. The molecule has 2 atom stereocenters. The van der Waals surface area contributed by atoms with Crippen LogP contribution in [-0.4, -0.2) is 46.6 Å². The lowest BCUT2D eigenvalue weighted by molar-refractivity contribution is -0.135. The van der Waals surface area contributed by atoms with Crippen LogP contribution in [0.25, 0.3) is 5.57 Å². The Morgan fingerprint density at radius 2 is 2.23 bits per heavy atom. The van der Waals surface area contributed by atoms with Gasteiger partial charge in [-0.15, -0.1) is 0 Å². The van der Waals surface area contributed by atoms with Gasteiger partial charge in [-0.1, -0.05) is 32.6 Å². The maximum Gasteiger partial charge on any atom is 0.407 e. The molecule has 0 bridgehead atoms. The van der Waals surface area contributed by atoms with E-state index in [4.69, 9.17) is 0 Å². The second kappa shape index (κ2) is 8.69. The van der Waals surface area contributed by atoms with E-state index in [1.54, 1.807) is 17.2 Å². The average Bonchev–Trinajstić information content (AvgIpc) is 3.28. The number of imidazole rings is 1. The number of ether oxygens (including phenoxy) is 1. The molecule has 0 spiro atoms. The van der Waals surface area contributed by atoms with Crippen molar-refractivity contribution in [2.45, 2.75) is 45.7 Å². The lowest BCUT2D eigenvalue weighted by Gasteiger charge is -2.30. The number of carbonyl (C=O) groups is 2. The van der Waals surface area contributed by atoms with E-state index in [2.05, 4.69) is 26.6 Å². The molecule has 2 heterocycles. The Morgan fingerprint density at radius 1 is 1.50 bits per heavy atom. The Morgan fingerprint density at radius 3 is 2.81 bits per heavy atom. The number of amides is 2. The summed E-state index contributed by atoms with van der Waals surface area (Å²) in [6.07, 6.45) is 6.62. The molecule has 0 saturated carbocycles. The van der Waals surface area contributed by atoms with E-state index in [9.17, 15) is 9.59 Å². The summed E-state index contributed by atoms with van der Waals surface area (Å²) in [4.78, 5) is 34.2. The van der Waals surface area contributed by atoms with Crippen LogP contribution in [0.5, 0.6) is 0 Å². The molecule has 1 aliphatic rings. The van der Waals surface area contributed by atoms with Crippen LogP contribution < -0.4 is 5.32 Å². The van der Waals surface area contributed by atoms with E-state index in [0.717, 1.165) is 29.9 Å². The summed E-state index contributed by atoms with van der Waals surface area (Å²) in [5, 5.41) is 2.65. The number of nitrogens with one attached hydrogen (secondary N) is 2. The van der Waals surface area contributed by atoms with Crippen molar-refractivity contribution in [1.82, 2.24) is 20.2 Å². The summed E-state index contributed by atoms with van der Waals surface area (Å²) in [5.41, 5.74) is 1.84. The first-order valence-corrected chi connectivity index (χ1v) is 8.91. The zero-order chi connectivity index (χ0) is 19.3. The molecule has 2 unspecified atom stereocenters. The van der Waals surface area contributed by atoms with Gasteiger partial charge in [0.2, 0.25) is 5.91 Å². The number of hydrogen-bond donors (Lipinski definition) is 2. The number of carbonyl (C=O) groups excluding carboxylic acids is 2. The first-order valence-electron chi connectivity index (χ1n) is 8.91. The second-order valence-electron chi connectivity index (χ2n) is 6.68. The predicted molar refractivity (Wildman–Crippen MR) is 100 cm³/mol. The minimum atomic E-state index is -0.628. The molecular weight excluding hydrogens is 332 g/mol. The second-order valence-corrected chi connectivity index (χ2v) is 6.68. The molecule has 26 heavy (non-hydrogen) atoms. The predicted octanol–water partition coefficient (Wildman–Crippen LogP) is 3.04. The number of nitrogens with zero attached hydrogens (tertiary/aromatic N) is 2. The Labute approximate surface area is 154 Å². The first kappa shape index (κ1) is 19.8. The molecule has 1 saturated heterocycles. The van der Waals surface area contributed by atoms with Gasteiger partial charge >= 0.3 is 6.09 Å². The number of hydrogen-bond acceptors (Lipinski definition) is 4. The third-order valence-electron chi connectivity index (χ3n) is 4.68. The average molecular weight is 360 g/mol. The lowest BCUT2D eigenvalue weighted by atomic mass is 10.0. The van der Waals surface area contributed by atoms with Crippen molar-refractivity contribution < 1.29 is 14.3 Å². The zero-order valence-electron chi connectivity index (χ0n) is 15.9. The van der Waals surface area contributed by atoms with Crippen LogP contribution in [0.15, 0.2) is 24.9 Å². The van der Waals surface area contributed by atoms with Crippen LogP contribution in [0.4, 0.5) is 4.79 Å². The van der Waals surface area contributed by atoms with E-state index in [-0.39, 0.29) is 17.9 Å². The fourth-order valence-electron chi connectivity index (χ4n) is 3.23. The van der Waals surface area contributed by atoms with Crippen LogP contribution in [0.2, 0.25) is 0 Å². The highest BCUT2D eigenvalue weighted by atomic mass is 16.5. The lowest BCUT2D eigenvalue weighted by Crippen LogP contribution is -2.51. The number of likely N-dealkylation sites (tertiary alicyclic amines) is 1. The van der Waals surface area contributed by atoms with Gasteiger partial charge in [-0.05, 0) is 31.3 Å². The van der Waals surface area contributed by atoms with Gasteiger partial charge in [0.1, 0.15) is 11.9 Å². The first-order chi connectivity index (χ1) is 12.4. The Kier molecular flexibility index (Phi) is 6.60. The highest BCUT2D eigenvalue weighted by Gasteiger charge is 2.37. The zero-order valence-corrected chi connectivity index (χ0v) is 15.9. The van der Waals surface area contributed by atoms with Gasteiger partial charge in [-0.3, -0.25) is 4.79 Å². The number of allylic oxidation sites excluding steroid dienone is 3. The van der Waals surface area contributed by atoms with Gasteiger partial charge in [0, 0.05) is 6.54 Å². The smallest absolute Gasteiger partial charge is 0.407 e. The van der Waals surface area contributed by atoms with E-state index in [0.29, 0.717) is 6.54 Å². The summed E-state index contributed by atoms with van der Waals surface area (Å²) in [6, 6.07) is -0.753. The molecule has 0 aliphatic carbocycles. The topological polar surface area (TPSA) is 87.3 Å². The minimum absolute atomic E-state index is 0.0506. The van der Waals surface area contributed by atoms with Gasteiger partial charge in [-0.25, -0.2) is 9.78 Å². The number of aromatic nitrogens is 2. The van der Waals surface area contributed by atoms with E-state index < -0.39 is 12.1 Å². The summed E-state index contributed by atoms with van der Waals surface area (Å²) in [5.74, 6) is 0.596. The Bertz CT molecular complexity index is 693. The van der Waals surface area contributed by atoms with Crippen LogP contribution in [0.3, 0.4) is 0 Å². The van der Waals surface area contributed by atoms with Crippen molar-refractivity contribution in [3.8, 4) is 0 Å². The van der Waals surface area contributed by atoms with Crippen molar-refractivity contribution in [2.24, 2.45) is 5.92 Å². The molecule has 7 heteroatoms. The van der Waals surface area contributed by atoms with Gasteiger partial charge in [0.05, 0.1) is 25.0 Å². The molecule has 1 fully saturated rings. The van der Waals surface area contributed by atoms with Gasteiger partial charge in [0.15, 0.2) is 0 Å². The maximum absolute atomic E-state index is 13.1. The molecule has 1 aromatic rings. The molecule has 2 amide bonds. The fourth-order valence-corrected chi connectivity index (χ4v) is 3.23. The van der Waals surface area contributed by atoms with Crippen molar-refractivity contribution in [3.63, 3.8) is 0 Å². The summed E-state index contributed by atoms with van der Waals surface area (Å²) in [6.45, 7) is 10.2. The number of methoxy groups -OCH3 is 1. The molecule has 0 aromatic carbocycles. The molecule has 1 aliphatic heterocycles. The maximum atomic E-state index is 13.1. The third kappa shape index (κ3) is 4.15. The van der Waals surface area contributed by atoms with Crippen LogP contribution >= 0.6 is 0 Å². The molecular formula is C19H28N4O3. The van der Waals surface area contributed by atoms with E-state index >= 15 is 0 Å². The highest BCUT2D eigenvalue weighted by Crippen LogP contribution is 2.32. The van der Waals surface area contributed by atoms with Crippen LogP contribution in [0, 0.1) is 5.92 Å². The van der Waals surface area contributed by atoms with Crippen molar-refractivity contribution in [2.75, 3.05) is 13.7 Å². The summed E-state index contributed by atoms with van der Waals surface area (Å²) in [7, 11) is 1.29. The number of H-pyrrole nitrogens is 1. The third-order valence-corrected chi connectivity index (χ3v) is 4.68. The minimum Gasteiger partial charge on any atom is -0.453 e. The van der Waals surface area contributed by atoms with E-state index in [1.807, 2.05) is 26.8 Å². The molecule has 142 valence electrons. The van der Waals surface area contributed by atoms with Crippen LogP contribution in [0.1, 0.15) is 51.2 Å². The quantitative estimate of drug-likeness (QED) is 0.763. The standard InChI is InChI=1S/C19H28N4O3/c1-6-13(7-2)14-11-20-17(21-14)15-9-8-10-23(15)18(24)16(12(3)4)22-19(25)26-5/h6-7,11-12,15-16H,1,8-10H2,2-5H3,(H,20,21)(H,22,25). The van der Waals surface area contributed by atoms with Crippen molar-refractivity contribution in [1.29, 1.82) is 0 Å². The monoisotopic (exact) mass is 360 g/mol. The SMILES string of the molecule is C=CC(=CC)c1cnc(C2CCCN2C(=O)C(NC(=O)OC)C(C)C)[nH]1. The molecule has 1 aromatic heterocycles. The largest absolute Gasteiger partial charge is 0.453 e. The molecule has 2 rings (SSSR count). The van der Waals surface area contributed by atoms with E-state index in [1.165, 1.54) is 7.11 Å². The molecule has 2 N–H and O–H groups in total. The van der Waals surface area contributed by atoms with Crippen molar-refractivity contribution >= 4 is 17.6 Å². The normalized spacial score (nSPS) is 18.7. The number of rotatable bonds is 6. The molecule has 7 nitrogen and oxygen atoms in total.